The summed E-state index contributed by atoms with van der Waals surface area (Å²) in [4.78, 5) is 10.1. The van der Waals surface area contributed by atoms with Crippen molar-refractivity contribution in [1.82, 2.24) is 5.32 Å². The Bertz CT molecular complexity index is 413. The molecular weight excluding hydrogens is 244 g/mol. The van der Waals surface area contributed by atoms with Crippen molar-refractivity contribution in [1.29, 1.82) is 0 Å². The van der Waals surface area contributed by atoms with Crippen LogP contribution in [0.2, 0.25) is 0 Å². The summed E-state index contributed by atoms with van der Waals surface area (Å²) in [5.74, 6) is 0.759. The molecule has 0 saturated heterocycles. The third kappa shape index (κ3) is 4.01. The second-order valence-electron chi connectivity index (χ2n) is 5.06. The van der Waals surface area contributed by atoms with E-state index in [-0.39, 0.29) is 10.6 Å². The highest BCUT2D eigenvalue weighted by atomic mass is 16.6. The number of nitrogens with one attached hydrogen (secondary N) is 1. The van der Waals surface area contributed by atoms with E-state index in [0.717, 1.165) is 37.3 Å². The maximum Gasteiger partial charge on any atom is 0.269 e. The molecule has 1 aliphatic rings. The number of benzene rings is 1. The van der Waals surface area contributed by atoms with Gasteiger partial charge < -0.3 is 10.1 Å². The Morgan fingerprint density at radius 2 is 2.05 bits per heavy atom. The quantitative estimate of drug-likeness (QED) is 0.605. The SMILES string of the molecule is CNCC1CC(OCCc2ccc([N+](=O)[O-])cc2)C1. The van der Waals surface area contributed by atoms with Crippen LogP contribution in [0.15, 0.2) is 24.3 Å². The minimum absolute atomic E-state index is 0.138. The van der Waals surface area contributed by atoms with E-state index in [9.17, 15) is 10.1 Å². The van der Waals surface area contributed by atoms with Crippen molar-refractivity contribution in [3.8, 4) is 0 Å². The molecule has 0 spiro atoms. The number of hydrogen-bond acceptors (Lipinski definition) is 4. The molecule has 0 atom stereocenters. The minimum Gasteiger partial charge on any atom is -0.378 e. The molecule has 1 fully saturated rings. The first-order chi connectivity index (χ1) is 9.19. The number of nitrogens with zero attached hydrogens (tertiary/aromatic N) is 1. The molecule has 0 aliphatic heterocycles. The number of ether oxygens (including phenoxy) is 1. The molecule has 1 aliphatic carbocycles. The lowest BCUT2D eigenvalue weighted by Gasteiger charge is -2.35. The van der Waals surface area contributed by atoms with Gasteiger partial charge in [-0.2, -0.15) is 0 Å². The normalized spacial score (nSPS) is 21.9. The zero-order chi connectivity index (χ0) is 13.7. The van der Waals surface area contributed by atoms with Crippen molar-refractivity contribution < 1.29 is 9.66 Å². The molecule has 1 saturated carbocycles. The minimum atomic E-state index is -0.378. The number of rotatable bonds is 7. The molecule has 1 N–H and O–H groups in total. The van der Waals surface area contributed by atoms with Crippen LogP contribution < -0.4 is 5.32 Å². The lowest BCUT2D eigenvalue weighted by molar-refractivity contribution is -0.384. The third-order valence-electron chi connectivity index (χ3n) is 3.58. The van der Waals surface area contributed by atoms with Crippen molar-refractivity contribution in [2.75, 3.05) is 20.2 Å². The molecule has 1 aromatic carbocycles. The molecule has 1 aromatic rings. The molecule has 19 heavy (non-hydrogen) atoms. The fourth-order valence-electron chi connectivity index (χ4n) is 2.39. The Labute approximate surface area is 113 Å². The maximum absolute atomic E-state index is 10.5. The predicted octanol–water partition coefficient (Wildman–Crippen LogP) is 2.15. The second-order valence-corrected chi connectivity index (χ2v) is 5.06. The molecule has 0 amide bonds. The molecule has 2 rings (SSSR count). The molecule has 0 radical (unpaired) electrons. The number of non-ortho nitro benzene ring substituents is 1. The Balaban J connectivity index is 1.65. The van der Waals surface area contributed by atoms with Crippen molar-refractivity contribution >= 4 is 5.69 Å². The highest BCUT2D eigenvalue weighted by Crippen LogP contribution is 2.29. The molecule has 0 heterocycles. The van der Waals surface area contributed by atoms with Gasteiger partial charge in [0.05, 0.1) is 17.6 Å². The van der Waals surface area contributed by atoms with E-state index in [0.29, 0.717) is 12.7 Å². The highest BCUT2D eigenvalue weighted by molar-refractivity contribution is 5.32. The topological polar surface area (TPSA) is 64.4 Å². The summed E-state index contributed by atoms with van der Waals surface area (Å²) in [5, 5.41) is 13.7. The van der Waals surface area contributed by atoms with Gasteiger partial charge in [0.25, 0.3) is 5.69 Å². The summed E-state index contributed by atoms with van der Waals surface area (Å²) in [6.07, 6.45) is 3.49. The van der Waals surface area contributed by atoms with Crippen LogP contribution in [0.25, 0.3) is 0 Å². The summed E-state index contributed by atoms with van der Waals surface area (Å²) < 4.78 is 5.77. The van der Waals surface area contributed by atoms with Gasteiger partial charge in [-0.15, -0.1) is 0 Å². The van der Waals surface area contributed by atoms with E-state index in [2.05, 4.69) is 5.32 Å². The van der Waals surface area contributed by atoms with Gasteiger partial charge in [0, 0.05) is 12.1 Å². The van der Waals surface area contributed by atoms with Gasteiger partial charge in [0.1, 0.15) is 0 Å². The van der Waals surface area contributed by atoms with Gasteiger partial charge >= 0.3 is 0 Å². The smallest absolute Gasteiger partial charge is 0.269 e. The highest BCUT2D eigenvalue weighted by Gasteiger charge is 2.28. The number of nitro groups is 1. The molecule has 5 nitrogen and oxygen atoms in total. The lowest BCUT2D eigenvalue weighted by Crippen LogP contribution is -2.37. The molecule has 0 bridgehead atoms. The Hall–Kier alpha value is -1.46. The number of nitro benzene ring substituents is 1. The van der Waals surface area contributed by atoms with Crippen LogP contribution >= 0.6 is 0 Å². The molecular formula is C14H20N2O3. The first-order valence-electron chi connectivity index (χ1n) is 6.68. The Kier molecular flexibility index (Phi) is 4.87. The van der Waals surface area contributed by atoms with Crippen LogP contribution in [-0.4, -0.2) is 31.2 Å². The predicted molar refractivity (Wildman–Crippen MR) is 73.2 cm³/mol. The summed E-state index contributed by atoms with van der Waals surface area (Å²) >= 11 is 0. The zero-order valence-electron chi connectivity index (χ0n) is 11.2. The van der Waals surface area contributed by atoms with Crippen LogP contribution in [0.5, 0.6) is 0 Å². The summed E-state index contributed by atoms with van der Waals surface area (Å²) in [6.45, 7) is 1.76. The first kappa shape index (κ1) is 14.0. The fourth-order valence-corrected chi connectivity index (χ4v) is 2.39. The molecule has 104 valence electrons. The van der Waals surface area contributed by atoms with E-state index in [1.165, 1.54) is 0 Å². The van der Waals surface area contributed by atoms with E-state index in [1.54, 1.807) is 24.3 Å². The van der Waals surface area contributed by atoms with Gasteiger partial charge in [-0.25, -0.2) is 0 Å². The summed E-state index contributed by atoms with van der Waals surface area (Å²) in [6, 6.07) is 6.68. The summed E-state index contributed by atoms with van der Waals surface area (Å²) in [5.41, 5.74) is 1.22. The van der Waals surface area contributed by atoms with E-state index >= 15 is 0 Å². The number of hydrogen-bond donors (Lipinski definition) is 1. The van der Waals surface area contributed by atoms with Gasteiger partial charge in [0.15, 0.2) is 0 Å². The van der Waals surface area contributed by atoms with E-state index in [4.69, 9.17) is 4.74 Å². The van der Waals surface area contributed by atoms with Gasteiger partial charge in [0.2, 0.25) is 0 Å². The second kappa shape index (κ2) is 6.63. The van der Waals surface area contributed by atoms with Gasteiger partial charge in [-0.3, -0.25) is 10.1 Å². The van der Waals surface area contributed by atoms with Crippen molar-refractivity contribution in [3.63, 3.8) is 0 Å². The van der Waals surface area contributed by atoms with Crippen LogP contribution in [-0.2, 0) is 11.2 Å². The molecule has 0 aromatic heterocycles. The largest absolute Gasteiger partial charge is 0.378 e. The Morgan fingerprint density at radius 1 is 1.37 bits per heavy atom. The summed E-state index contributed by atoms with van der Waals surface area (Å²) in [7, 11) is 1.97. The standard InChI is InChI=1S/C14H20N2O3/c1-15-10-12-8-14(9-12)19-7-6-11-2-4-13(5-3-11)16(17)18/h2-5,12,14-15H,6-10H2,1H3. The lowest BCUT2D eigenvalue weighted by atomic mass is 9.82. The average molecular weight is 264 g/mol. The monoisotopic (exact) mass is 264 g/mol. The zero-order valence-corrected chi connectivity index (χ0v) is 11.2. The van der Waals surface area contributed by atoms with Gasteiger partial charge in [-0.05, 0) is 44.3 Å². The average Bonchev–Trinajstić information content (AvgIpc) is 2.36. The van der Waals surface area contributed by atoms with Gasteiger partial charge in [-0.1, -0.05) is 12.1 Å². The van der Waals surface area contributed by atoms with E-state index < -0.39 is 0 Å². The van der Waals surface area contributed by atoms with Crippen molar-refractivity contribution in [3.05, 3.63) is 39.9 Å². The van der Waals surface area contributed by atoms with Crippen LogP contribution in [0.4, 0.5) is 5.69 Å². The fraction of sp³-hybridized carbons (Fsp3) is 0.571. The van der Waals surface area contributed by atoms with Crippen LogP contribution in [0.1, 0.15) is 18.4 Å². The molecule has 5 heteroatoms. The van der Waals surface area contributed by atoms with Crippen molar-refractivity contribution in [2.24, 2.45) is 5.92 Å². The molecule has 0 unspecified atom stereocenters. The van der Waals surface area contributed by atoms with E-state index in [1.807, 2.05) is 7.05 Å². The maximum atomic E-state index is 10.5. The van der Waals surface area contributed by atoms with Crippen molar-refractivity contribution in [2.45, 2.75) is 25.4 Å². The van der Waals surface area contributed by atoms with Crippen LogP contribution in [0, 0.1) is 16.0 Å². The third-order valence-corrected chi connectivity index (χ3v) is 3.58. The first-order valence-corrected chi connectivity index (χ1v) is 6.68. The Morgan fingerprint density at radius 3 is 2.63 bits per heavy atom. The van der Waals surface area contributed by atoms with Crippen LogP contribution in [0.3, 0.4) is 0 Å².